The molecule has 172 valence electrons. The van der Waals surface area contributed by atoms with Gasteiger partial charge in [-0.1, -0.05) is 12.2 Å². The molecule has 0 spiro atoms. The summed E-state index contributed by atoms with van der Waals surface area (Å²) < 4.78 is 0. The number of hydrogen-bond donors (Lipinski definition) is 7. The van der Waals surface area contributed by atoms with Crippen molar-refractivity contribution in [2.24, 2.45) is 27.9 Å². The highest BCUT2D eigenvalue weighted by Gasteiger charge is 2.25. The monoisotopic (exact) mass is 426 g/mol. The molecule has 0 aromatic heterocycles. The third-order valence-electron chi connectivity index (χ3n) is 4.16. The van der Waals surface area contributed by atoms with Crippen LogP contribution in [0.4, 0.5) is 0 Å². The summed E-state index contributed by atoms with van der Waals surface area (Å²) in [7, 11) is 0. The highest BCUT2D eigenvalue weighted by molar-refractivity contribution is 5.91. The van der Waals surface area contributed by atoms with Crippen LogP contribution in [0.5, 0.6) is 0 Å². The van der Waals surface area contributed by atoms with Crippen LogP contribution in [0.1, 0.15) is 45.4 Å². The van der Waals surface area contributed by atoms with E-state index in [0.29, 0.717) is 45.3 Å². The van der Waals surface area contributed by atoms with E-state index in [4.69, 9.17) is 22.9 Å². The van der Waals surface area contributed by atoms with Gasteiger partial charge in [0.2, 0.25) is 17.7 Å². The van der Waals surface area contributed by atoms with Crippen LogP contribution >= 0.6 is 0 Å². The Labute approximate surface area is 178 Å². The van der Waals surface area contributed by atoms with Gasteiger partial charge in [0.05, 0.1) is 6.54 Å². The number of rotatable bonds is 16. The van der Waals surface area contributed by atoms with E-state index in [1.807, 2.05) is 0 Å². The molecule has 2 atom stereocenters. The van der Waals surface area contributed by atoms with Gasteiger partial charge in [-0.15, -0.1) is 0 Å². The predicted octanol–water partition coefficient (Wildman–Crippen LogP) is -1.82. The molecule has 0 aromatic rings. The van der Waals surface area contributed by atoms with Crippen LogP contribution < -0.4 is 38.9 Å². The fourth-order valence-corrected chi connectivity index (χ4v) is 2.64. The molecule has 0 bridgehead atoms. The maximum absolute atomic E-state index is 12.7. The number of guanidine groups is 1. The van der Waals surface area contributed by atoms with E-state index in [1.165, 1.54) is 6.92 Å². The molecule has 11 nitrogen and oxygen atoms in total. The zero-order chi connectivity index (χ0) is 22.8. The molecule has 30 heavy (non-hydrogen) atoms. The summed E-state index contributed by atoms with van der Waals surface area (Å²) in [5, 5.41) is 8.14. The molecular weight excluding hydrogens is 388 g/mol. The second-order valence-corrected chi connectivity index (χ2v) is 6.87. The first-order chi connectivity index (χ1) is 14.3. The lowest BCUT2D eigenvalue weighted by Gasteiger charge is -2.23. The summed E-state index contributed by atoms with van der Waals surface area (Å²) in [6.07, 6.45) is 7.20. The molecule has 11 heteroatoms. The van der Waals surface area contributed by atoms with Crippen LogP contribution in [0.2, 0.25) is 0 Å². The Morgan fingerprint density at radius 2 is 1.43 bits per heavy atom. The van der Waals surface area contributed by atoms with Crippen molar-refractivity contribution >= 4 is 23.7 Å². The van der Waals surface area contributed by atoms with Gasteiger partial charge >= 0.3 is 0 Å². The quantitative estimate of drug-likeness (QED) is 0.0650. The number of amides is 3. The van der Waals surface area contributed by atoms with Crippen LogP contribution in [0.3, 0.4) is 0 Å². The van der Waals surface area contributed by atoms with Crippen LogP contribution in [0.15, 0.2) is 17.1 Å². The molecule has 3 amide bonds. The molecule has 0 unspecified atom stereocenters. The summed E-state index contributed by atoms with van der Waals surface area (Å²) in [5.41, 5.74) is 21.5. The minimum atomic E-state index is -0.721. The predicted molar refractivity (Wildman–Crippen MR) is 118 cm³/mol. The van der Waals surface area contributed by atoms with Crippen LogP contribution in [0.25, 0.3) is 0 Å². The average molecular weight is 427 g/mol. The molecule has 0 heterocycles. The lowest BCUT2D eigenvalue weighted by atomic mass is 10.1. The van der Waals surface area contributed by atoms with E-state index in [0.717, 1.165) is 12.8 Å². The van der Waals surface area contributed by atoms with Crippen LogP contribution in [-0.2, 0) is 14.4 Å². The third-order valence-corrected chi connectivity index (χ3v) is 4.16. The fraction of sp³-hybridized carbons (Fsp3) is 0.684. The lowest BCUT2D eigenvalue weighted by Crippen LogP contribution is -2.53. The van der Waals surface area contributed by atoms with E-state index < -0.39 is 18.0 Å². The summed E-state index contributed by atoms with van der Waals surface area (Å²) >= 11 is 0. The normalized spacial score (nSPS) is 12.8. The van der Waals surface area contributed by atoms with Gasteiger partial charge in [0.1, 0.15) is 12.1 Å². The van der Waals surface area contributed by atoms with Gasteiger partial charge in [-0.25, -0.2) is 4.99 Å². The first-order valence-electron chi connectivity index (χ1n) is 10.3. The van der Waals surface area contributed by atoms with Gasteiger partial charge in [-0.2, -0.15) is 0 Å². The number of nitrogens with zero attached hydrogens (tertiary/aromatic N) is 1. The van der Waals surface area contributed by atoms with Crippen molar-refractivity contribution in [2.45, 2.75) is 57.5 Å². The molecule has 0 saturated carbocycles. The number of nitrogens with one attached hydrogen (secondary N) is 3. The molecule has 0 rings (SSSR count). The standard InChI is InChI=1S/C19H38N8O3/c1-14(28)26-16(9-3-5-11-21)18(30)27-15(8-2-4-10-20)17(29)24-12-6-7-13-25-19(22)23/h6-7,15-16H,2-5,8-13,20-21H2,1H3,(H,24,29)(H,26,28)(H,27,30)(H4,22,23,25)/b7-6-/t15-,16-/m0/s1. The molecule has 0 radical (unpaired) electrons. The van der Waals surface area contributed by atoms with Crippen molar-refractivity contribution in [1.82, 2.24) is 16.0 Å². The van der Waals surface area contributed by atoms with Gasteiger partial charge in [-0.05, 0) is 51.6 Å². The summed E-state index contributed by atoms with van der Waals surface area (Å²) in [6.45, 7) is 2.95. The number of hydrogen-bond acceptors (Lipinski definition) is 6. The SMILES string of the molecule is CC(=O)N[C@@H](CCCCN)C(=O)N[C@@H](CCCCN)C(=O)NC/C=C\CN=C(N)N. The van der Waals surface area contributed by atoms with E-state index in [-0.39, 0.29) is 24.3 Å². The van der Waals surface area contributed by atoms with E-state index in [2.05, 4.69) is 20.9 Å². The Morgan fingerprint density at radius 1 is 0.867 bits per heavy atom. The molecule has 0 fully saturated rings. The largest absolute Gasteiger partial charge is 0.370 e. The van der Waals surface area contributed by atoms with Gasteiger partial charge in [-0.3, -0.25) is 14.4 Å². The molecule has 11 N–H and O–H groups in total. The molecule has 0 aliphatic heterocycles. The van der Waals surface area contributed by atoms with E-state index in [1.54, 1.807) is 12.2 Å². The Balaban J connectivity index is 4.88. The zero-order valence-corrected chi connectivity index (χ0v) is 17.9. The van der Waals surface area contributed by atoms with Crippen molar-refractivity contribution in [3.05, 3.63) is 12.2 Å². The van der Waals surface area contributed by atoms with Crippen LogP contribution in [0, 0.1) is 0 Å². The number of nitrogens with two attached hydrogens (primary N) is 4. The first-order valence-corrected chi connectivity index (χ1v) is 10.3. The Morgan fingerprint density at radius 3 is 1.93 bits per heavy atom. The first kappa shape index (κ1) is 27.3. The van der Waals surface area contributed by atoms with Gasteiger partial charge < -0.3 is 38.9 Å². The minimum Gasteiger partial charge on any atom is -0.370 e. The molecule has 0 aliphatic rings. The van der Waals surface area contributed by atoms with E-state index >= 15 is 0 Å². The molecule has 0 saturated heterocycles. The minimum absolute atomic E-state index is 0.00782. The third kappa shape index (κ3) is 14.4. The highest BCUT2D eigenvalue weighted by Crippen LogP contribution is 2.05. The second-order valence-electron chi connectivity index (χ2n) is 6.87. The van der Waals surface area contributed by atoms with Crippen molar-refractivity contribution in [3.63, 3.8) is 0 Å². The number of aliphatic imine (C=N–C) groups is 1. The Kier molecular flexibility index (Phi) is 15.7. The van der Waals surface area contributed by atoms with Crippen molar-refractivity contribution < 1.29 is 14.4 Å². The highest BCUT2D eigenvalue weighted by atomic mass is 16.2. The van der Waals surface area contributed by atoms with Crippen molar-refractivity contribution in [2.75, 3.05) is 26.2 Å². The topological polar surface area (TPSA) is 204 Å². The number of carbonyl (C=O) groups is 3. The fourth-order valence-electron chi connectivity index (χ4n) is 2.64. The zero-order valence-electron chi connectivity index (χ0n) is 17.9. The number of carbonyl (C=O) groups excluding carboxylic acids is 3. The van der Waals surface area contributed by atoms with Crippen molar-refractivity contribution in [1.29, 1.82) is 0 Å². The smallest absolute Gasteiger partial charge is 0.243 e. The molecule has 0 aliphatic carbocycles. The maximum atomic E-state index is 12.7. The van der Waals surface area contributed by atoms with E-state index in [9.17, 15) is 14.4 Å². The average Bonchev–Trinajstić information content (AvgIpc) is 2.68. The summed E-state index contributed by atoms with van der Waals surface area (Å²) in [4.78, 5) is 40.5. The Bertz CT molecular complexity index is 576. The van der Waals surface area contributed by atoms with Gasteiger partial charge in [0.25, 0.3) is 0 Å². The Hall–Kier alpha value is -2.66. The molecule has 0 aromatic carbocycles. The maximum Gasteiger partial charge on any atom is 0.243 e. The summed E-state index contributed by atoms with van der Waals surface area (Å²) in [6, 6.07) is -1.43. The van der Waals surface area contributed by atoms with Crippen molar-refractivity contribution in [3.8, 4) is 0 Å². The van der Waals surface area contributed by atoms with Gasteiger partial charge in [0.15, 0.2) is 5.96 Å². The van der Waals surface area contributed by atoms with Crippen LogP contribution in [-0.4, -0.2) is 61.9 Å². The van der Waals surface area contributed by atoms with Gasteiger partial charge in [0, 0.05) is 13.5 Å². The second kappa shape index (κ2) is 17.2. The summed E-state index contributed by atoms with van der Waals surface area (Å²) in [5.74, 6) is -1.02. The molecular formula is C19H38N8O3. The number of unbranched alkanes of at least 4 members (excludes halogenated alkanes) is 2. The lowest BCUT2D eigenvalue weighted by molar-refractivity contribution is -0.132.